The number of benzene rings is 1. The van der Waals surface area contributed by atoms with Gasteiger partial charge in [0.15, 0.2) is 0 Å². The van der Waals surface area contributed by atoms with Crippen molar-refractivity contribution in [3.63, 3.8) is 0 Å². The summed E-state index contributed by atoms with van der Waals surface area (Å²) in [5, 5.41) is 0. The Hall–Kier alpha value is -2.10. The maximum atomic E-state index is 11.6. The summed E-state index contributed by atoms with van der Waals surface area (Å²) in [4.78, 5) is 18.0. The second-order valence-electron chi connectivity index (χ2n) is 3.17. The summed E-state index contributed by atoms with van der Waals surface area (Å²) in [6, 6.07) is 7.19. The molecule has 0 spiro atoms. The monoisotopic (exact) mass is 202 g/mol. The molecule has 1 heterocycles. The summed E-state index contributed by atoms with van der Waals surface area (Å²) < 4.78 is 5.02. The zero-order valence-corrected chi connectivity index (χ0v) is 8.23. The van der Waals surface area contributed by atoms with Crippen molar-refractivity contribution in [1.82, 2.24) is 9.97 Å². The van der Waals surface area contributed by atoms with Crippen LogP contribution >= 0.6 is 0 Å². The molecule has 2 aromatic rings. The van der Waals surface area contributed by atoms with Gasteiger partial charge in [-0.05, 0) is 19.1 Å². The molecule has 15 heavy (non-hydrogen) atoms. The molecule has 76 valence electrons. The standard InChI is InChI=1S/C11H10N2O2/c1-8-2-4-9(5-3-8)11(14)15-10-6-12-7-13-10/h2-7H,1H3,(H,12,13). The number of aromatic nitrogens is 2. The number of ether oxygens (including phenoxy) is 1. The summed E-state index contributed by atoms with van der Waals surface area (Å²) in [5.74, 6) is -0.0418. The largest absolute Gasteiger partial charge is 0.404 e. The van der Waals surface area contributed by atoms with Crippen molar-refractivity contribution in [2.75, 3.05) is 0 Å². The first-order valence-electron chi connectivity index (χ1n) is 4.53. The number of hydrogen-bond acceptors (Lipinski definition) is 3. The van der Waals surface area contributed by atoms with E-state index in [-0.39, 0.29) is 5.97 Å². The zero-order chi connectivity index (χ0) is 10.7. The van der Waals surface area contributed by atoms with Crippen molar-refractivity contribution in [2.45, 2.75) is 6.92 Å². The van der Waals surface area contributed by atoms with Crippen molar-refractivity contribution in [2.24, 2.45) is 0 Å². The van der Waals surface area contributed by atoms with Gasteiger partial charge in [0, 0.05) is 0 Å². The van der Waals surface area contributed by atoms with E-state index in [1.807, 2.05) is 19.1 Å². The highest BCUT2D eigenvalue weighted by Crippen LogP contribution is 2.08. The molecule has 0 fully saturated rings. The molecule has 1 N–H and O–H groups in total. The lowest BCUT2D eigenvalue weighted by Gasteiger charge is -2.01. The van der Waals surface area contributed by atoms with Gasteiger partial charge in [-0.2, -0.15) is 0 Å². The Labute approximate surface area is 86.9 Å². The maximum absolute atomic E-state index is 11.6. The summed E-state index contributed by atoms with van der Waals surface area (Å²) in [6.07, 6.45) is 2.91. The first-order valence-corrected chi connectivity index (χ1v) is 4.53. The molecule has 1 aromatic carbocycles. The second kappa shape index (κ2) is 3.96. The molecule has 4 nitrogen and oxygen atoms in total. The van der Waals surface area contributed by atoms with Crippen LogP contribution in [-0.4, -0.2) is 15.9 Å². The predicted octanol–water partition coefficient (Wildman–Crippen LogP) is 1.94. The SMILES string of the molecule is Cc1ccc(C(=O)Oc2cnc[nH]2)cc1. The number of nitrogens with zero attached hydrogens (tertiary/aromatic N) is 1. The number of nitrogens with one attached hydrogen (secondary N) is 1. The first-order chi connectivity index (χ1) is 7.25. The normalized spacial score (nSPS) is 9.93. The highest BCUT2D eigenvalue weighted by atomic mass is 16.5. The van der Waals surface area contributed by atoms with Gasteiger partial charge < -0.3 is 9.72 Å². The van der Waals surface area contributed by atoms with Crippen LogP contribution in [0, 0.1) is 6.92 Å². The Kier molecular flexibility index (Phi) is 2.49. The maximum Gasteiger partial charge on any atom is 0.344 e. The first kappa shape index (κ1) is 9.45. The van der Waals surface area contributed by atoms with Crippen molar-refractivity contribution in [3.8, 4) is 5.88 Å². The number of esters is 1. The van der Waals surface area contributed by atoms with Crippen molar-refractivity contribution in [1.29, 1.82) is 0 Å². The van der Waals surface area contributed by atoms with E-state index in [0.29, 0.717) is 11.4 Å². The quantitative estimate of drug-likeness (QED) is 0.757. The van der Waals surface area contributed by atoms with Gasteiger partial charge in [-0.3, -0.25) is 0 Å². The van der Waals surface area contributed by atoms with Crippen LogP contribution in [0.3, 0.4) is 0 Å². The van der Waals surface area contributed by atoms with E-state index in [1.54, 1.807) is 12.1 Å². The third kappa shape index (κ3) is 2.22. The summed E-state index contributed by atoms with van der Waals surface area (Å²) in [7, 11) is 0. The molecule has 0 aliphatic heterocycles. The fourth-order valence-electron chi connectivity index (χ4n) is 1.15. The summed E-state index contributed by atoms with van der Waals surface area (Å²) in [6.45, 7) is 1.96. The van der Waals surface area contributed by atoms with E-state index >= 15 is 0 Å². The molecule has 0 saturated carbocycles. The highest BCUT2D eigenvalue weighted by molar-refractivity contribution is 5.90. The van der Waals surface area contributed by atoms with E-state index < -0.39 is 0 Å². The summed E-state index contributed by atoms with van der Waals surface area (Å²) >= 11 is 0. The van der Waals surface area contributed by atoms with Crippen molar-refractivity contribution in [3.05, 3.63) is 47.9 Å². The van der Waals surface area contributed by atoms with Crippen molar-refractivity contribution < 1.29 is 9.53 Å². The Morgan fingerprint density at radius 2 is 2.07 bits per heavy atom. The minimum absolute atomic E-state index is 0.348. The Balaban J connectivity index is 2.11. The van der Waals surface area contributed by atoms with E-state index in [9.17, 15) is 4.79 Å². The van der Waals surface area contributed by atoms with Crippen LogP contribution in [0.4, 0.5) is 0 Å². The van der Waals surface area contributed by atoms with Crippen LogP contribution in [0.25, 0.3) is 0 Å². The number of aromatic amines is 1. The molecular formula is C11H10N2O2. The van der Waals surface area contributed by atoms with E-state index in [1.165, 1.54) is 12.5 Å². The van der Waals surface area contributed by atoms with Crippen molar-refractivity contribution >= 4 is 5.97 Å². The van der Waals surface area contributed by atoms with Crippen LogP contribution in [0.1, 0.15) is 15.9 Å². The van der Waals surface area contributed by atoms with Gasteiger partial charge in [-0.25, -0.2) is 9.78 Å². The average Bonchev–Trinajstić information content (AvgIpc) is 2.71. The van der Waals surface area contributed by atoms with E-state index in [4.69, 9.17) is 4.74 Å². The van der Waals surface area contributed by atoms with Crippen LogP contribution in [0.2, 0.25) is 0 Å². The van der Waals surface area contributed by atoms with Gasteiger partial charge in [-0.1, -0.05) is 17.7 Å². The number of carbonyl (C=O) groups excluding carboxylic acids is 1. The highest BCUT2D eigenvalue weighted by Gasteiger charge is 2.08. The smallest absolute Gasteiger partial charge is 0.344 e. The van der Waals surface area contributed by atoms with Crippen LogP contribution in [0.15, 0.2) is 36.8 Å². The molecule has 0 aliphatic rings. The van der Waals surface area contributed by atoms with Gasteiger partial charge >= 0.3 is 5.97 Å². The molecule has 0 saturated heterocycles. The molecule has 0 amide bonds. The fourth-order valence-corrected chi connectivity index (χ4v) is 1.15. The van der Waals surface area contributed by atoms with E-state index in [0.717, 1.165) is 5.56 Å². The third-order valence-corrected chi connectivity index (χ3v) is 1.96. The van der Waals surface area contributed by atoms with Gasteiger partial charge in [0.05, 0.1) is 18.1 Å². The molecule has 4 heteroatoms. The van der Waals surface area contributed by atoms with Crippen LogP contribution in [-0.2, 0) is 0 Å². The minimum Gasteiger partial charge on any atom is -0.404 e. The number of H-pyrrole nitrogens is 1. The number of rotatable bonds is 2. The van der Waals surface area contributed by atoms with Gasteiger partial charge in [0.1, 0.15) is 0 Å². The molecule has 2 rings (SSSR count). The molecule has 1 aromatic heterocycles. The number of carbonyl (C=O) groups is 1. The lowest BCUT2D eigenvalue weighted by Crippen LogP contribution is -2.08. The molecule has 0 radical (unpaired) electrons. The lowest BCUT2D eigenvalue weighted by molar-refractivity contribution is 0.0728. The van der Waals surface area contributed by atoms with Crippen LogP contribution < -0.4 is 4.74 Å². The van der Waals surface area contributed by atoms with Gasteiger partial charge in [0.25, 0.3) is 0 Å². The van der Waals surface area contributed by atoms with Gasteiger partial charge in [0.2, 0.25) is 5.88 Å². The lowest BCUT2D eigenvalue weighted by atomic mass is 10.1. The number of hydrogen-bond donors (Lipinski definition) is 1. The van der Waals surface area contributed by atoms with Crippen LogP contribution in [0.5, 0.6) is 5.88 Å². The Morgan fingerprint density at radius 1 is 1.33 bits per heavy atom. The number of imidazole rings is 1. The third-order valence-electron chi connectivity index (χ3n) is 1.96. The molecule has 0 aliphatic carbocycles. The second-order valence-corrected chi connectivity index (χ2v) is 3.17. The minimum atomic E-state index is -0.390. The molecule has 0 unspecified atom stereocenters. The van der Waals surface area contributed by atoms with Gasteiger partial charge in [-0.15, -0.1) is 0 Å². The Bertz CT molecular complexity index is 446. The molecule has 0 bridgehead atoms. The predicted molar refractivity (Wildman–Crippen MR) is 54.7 cm³/mol. The molecule has 0 atom stereocenters. The fraction of sp³-hybridized carbons (Fsp3) is 0.0909. The number of aryl methyl sites for hydroxylation is 1. The average molecular weight is 202 g/mol. The molecular weight excluding hydrogens is 192 g/mol. The zero-order valence-electron chi connectivity index (χ0n) is 8.23. The summed E-state index contributed by atoms with van der Waals surface area (Å²) in [5.41, 5.74) is 1.63. The van der Waals surface area contributed by atoms with E-state index in [2.05, 4.69) is 9.97 Å². The topological polar surface area (TPSA) is 55.0 Å². The Morgan fingerprint density at radius 3 is 2.67 bits per heavy atom.